The third kappa shape index (κ3) is 3.00. The zero-order valence-electron chi connectivity index (χ0n) is 9.95. The topological polar surface area (TPSA) is 62.2 Å². The van der Waals surface area contributed by atoms with Crippen molar-refractivity contribution in [2.75, 3.05) is 5.32 Å². The van der Waals surface area contributed by atoms with Gasteiger partial charge in [0.1, 0.15) is 17.2 Å². The number of aromatic nitrogens is 1. The van der Waals surface area contributed by atoms with Crippen molar-refractivity contribution in [1.29, 1.82) is 0 Å². The minimum absolute atomic E-state index is 0.0688. The van der Waals surface area contributed by atoms with E-state index in [0.29, 0.717) is 10.7 Å². The van der Waals surface area contributed by atoms with Crippen LogP contribution in [-0.2, 0) is 0 Å². The van der Waals surface area contributed by atoms with Crippen molar-refractivity contribution >= 4 is 29.1 Å². The first kappa shape index (κ1) is 13.3. The third-order valence-electron chi connectivity index (χ3n) is 2.54. The highest BCUT2D eigenvalue weighted by Crippen LogP contribution is 2.25. The van der Waals surface area contributed by atoms with Gasteiger partial charge in [0.05, 0.1) is 6.20 Å². The molecule has 0 aliphatic rings. The molecule has 19 heavy (non-hydrogen) atoms. The highest BCUT2D eigenvalue weighted by Gasteiger charge is 2.13. The molecule has 2 N–H and O–H groups in total. The number of halogens is 2. The minimum atomic E-state index is -1.26. The maximum Gasteiger partial charge on any atom is 0.339 e. The maximum atomic E-state index is 13.0. The fraction of sp³-hybridized carbons (Fsp3) is 0.0769. The van der Waals surface area contributed by atoms with Gasteiger partial charge in [0.15, 0.2) is 0 Å². The van der Waals surface area contributed by atoms with E-state index in [1.807, 2.05) is 6.92 Å². The lowest BCUT2D eigenvalue weighted by Gasteiger charge is -2.11. The standard InChI is InChI=1S/C13H10ClFN2O2/c1-7-2-3-8(14)4-11(7)17-12-10(13(18)19)5-9(15)6-16-12/h2-6H,1H3,(H,16,17)(H,18,19). The van der Waals surface area contributed by atoms with Gasteiger partial charge < -0.3 is 10.4 Å². The molecule has 0 spiro atoms. The fourth-order valence-electron chi connectivity index (χ4n) is 1.56. The number of pyridine rings is 1. The van der Waals surface area contributed by atoms with E-state index in [9.17, 15) is 9.18 Å². The normalized spacial score (nSPS) is 10.3. The Kier molecular flexibility index (Phi) is 3.66. The summed E-state index contributed by atoms with van der Waals surface area (Å²) in [6.07, 6.45) is 0.953. The number of aryl methyl sites for hydroxylation is 1. The van der Waals surface area contributed by atoms with Gasteiger partial charge in [0.25, 0.3) is 0 Å². The molecule has 0 aliphatic carbocycles. The number of benzene rings is 1. The lowest BCUT2D eigenvalue weighted by molar-refractivity contribution is 0.0697. The molecule has 0 fully saturated rings. The summed E-state index contributed by atoms with van der Waals surface area (Å²) in [5, 5.41) is 12.4. The van der Waals surface area contributed by atoms with Crippen LogP contribution in [0.3, 0.4) is 0 Å². The molecule has 1 heterocycles. The molecule has 2 aromatic rings. The van der Waals surface area contributed by atoms with Crippen molar-refractivity contribution in [2.45, 2.75) is 6.92 Å². The van der Waals surface area contributed by atoms with Crippen LogP contribution in [0.25, 0.3) is 0 Å². The van der Waals surface area contributed by atoms with Gasteiger partial charge in [0, 0.05) is 10.7 Å². The molecule has 0 bridgehead atoms. The molecule has 1 aromatic carbocycles. The lowest BCUT2D eigenvalue weighted by atomic mass is 10.2. The lowest BCUT2D eigenvalue weighted by Crippen LogP contribution is -2.06. The number of hydrogen-bond acceptors (Lipinski definition) is 3. The van der Waals surface area contributed by atoms with Crippen molar-refractivity contribution in [3.05, 3.63) is 52.4 Å². The van der Waals surface area contributed by atoms with Gasteiger partial charge >= 0.3 is 5.97 Å². The quantitative estimate of drug-likeness (QED) is 0.901. The van der Waals surface area contributed by atoms with Crippen LogP contribution in [0.5, 0.6) is 0 Å². The number of carbonyl (C=O) groups is 1. The van der Waals surface area contributed by atoms with E-state index in [4.69, 9.17) is 16.7 Å². The van der Waals surface area contributed by atoms with Crippen LogP contribution in [0.15, 0.2) is 30.5 Å². The summed E-state index contributed by atoms with van der Waals surface area (Å²) in [7, 11) is 0. The van der Waals surface area contributed by atoms with Gasteiger partial charge in [-0.1, -0.05) is 17.7 Å². The number of anilines is 2. The first-order chi connectivity index (χ1) is 8.97. The summed E-state index contributed by atoms with van der Waals surface area (Å²) in [4.78, 5) is 14.8. The molecule has 98 valence electrons. The maximum absolute atomic E-state index is 13.0. The molecule has 0 atom stereocenters. The van der Waals surface area contributed by atoms with E-state index in [-0.39, 0.29) is 11.4 Å². The molecule has 0 saturated carbocycles. The number of nitrogens with zero attached hydrogens (tertiary/aromatic N) is 1. The van der Waals surface area contributed by atoms with Crippen LogP contribution >= 0.6 is 11.6 Å². The Morgan fingerprint density at radius 3 is 2.84 bits per heavy atom. The van der Waals surface area contributed by atoms with Crippen molar-refractivity contribution in [2.24, 2.45) is 0 Å². The average molecular weight is 281 g/mol. The van der Waals surface area contributed by atoms with Crippen LogP contribution in [0.2, 0.25) is 5.02 Å². The summed E-state index contributed by atoms with van der Waals surface area (Å²) in [5.74, 6) is -1.89. The van der Waals surface area contributed by atoms with Gasteiger partial charge in [0.2, 0.25) is 0 Å². The molecule has 0 radical (unpaired) electrons. The zero-order chi connectivity index (χ0) is 14.0. The second kappa shape index (κ2) is 5.24. The monoisotopic (exact) mass is 280 g/mol. The van der Waals surface area contributed by atoms with E-state index in [1.165, 1.54) is 0 Å². The summed E-state index contributed by atoms with van der Waals surface area (Å²) in [5.41, 5.74) is 1.25. The molecule has 2 rings (SSSR count). The van der Waals surface area contributed by atoms with Crippen molar-refractivity contribution < 1.29 is 14.3 Å². The first-order valence-corrected chi connectivity index (χ1v) is 5.77. The smallest absolute Gasteiger partial charge is 0.339 e. The van der Waals surface area contributed by atoms with E-state index < -0.39 is 11.8 Å². The minimum Gasteiger partial charge on any atom is -0.478 e. The Morgan fingerprint density at radius 1 is 1.42 bits per heavy atom. The molecule has 0 saturated heterocycles. The van der Waals surface area contributed by atoms with Crippen LogP contribution < -0.4 is 5.32 Å². The number of nitrogens with one attached hydrogen (secondary N) is 1. The number of rotatable bonds is 3. The van der Waals surface area contributed by atoms with E-state index in [1.54, 1.807) is 18.2 Å². The third-order valence-corrected chi connectivity index (χ3v) is 2.77. The number of hydrogen-bond donors (Lipinski definition) is 2. The van der Waals surface area contributed by atoms with Crippen LogP contribution in [0.1, 0.15) is 15.9 Å². The van der Waals surface area contributed by atoms with Crippen molar-refractivity contribution in [3.8, 4) is 0 Å². The Hall–Kier alpha value is -2.14. The SMILES string of the molecule is Cc1ccc(Cl)cc1Nc1ncc(F)cc1C(=O)O. The number of carboxylic acids is 1. The van der Waals surface area contributed by atoms with Gasteiger partial charge in [-0.3, -0.25) is 0 Å². The fourth-order valence-corrected chi connectivity index (χ4v) is 1.73. The Morgan fingerprint density at radius 2 is 2.16 bits per heavy atom. The predicted octanol–water partition coefficient (Wildman–Crippen LogP) is 3.62. The van der Waals surface area contributed by atoms with Crippen LogP contribution in [0, 0.1) is 12.7 Å². The molecule has 4 nitrogen and oxygen atoms in total. The molecule has 0 unspecified atom stereocenters. The molecule has 0 amide bonds. The summed E-state index contributed by atoms with van der Waals surface area (Å²) in [6, 6.07) is 6.07. The second-order valence-electron chi connectivity index (χ2n) is 3.94. The Labute approximate surface area is 113 Å². The summed E-state index contributed by atoms with van der Waals surface area (Å²) >= 11 is 5.87. The van der Waals surface area contributed by atoms with Gasteiger partial charge in [-0.15, -0.1) is 0 Å². The van der Waals surface area contributed by atoms with E-state index in [2.05, 4.69) is 10.3 Å². The first-order valence-electron chi connectivity index (χ1n) is 5.39. The molecule has 6 heteroatoms. The van der Waals surface area contributed by atoms with Gasteiger partial charge in [-0.25, -0.2) is 14.2 Å². The Bertz CT molecular complexity index is 647. The summed E-state index contributed by atoms with van der Waals surface area (Å²) < 4.78 is 13.0. The molecular weight excluding hydrogens is 271 g/mol. The van der Waals surface area contributed by atoms with Crippen molar-refractivity contribution in [3.63, 3.8) is 0 Å². The van der Waals surface area contributed by atoms with Crippen LogP contribution in [-0.4, -0.2) is 16.1 Å². The molecule has 1 aromatic heterocycles. The molecular formula is C13H10ClFN2O2. The highest BCUT2D eigenvalue weighted by molar-refractivity contribution is 6.30. The van der Waals surface area contributed by atoms with Gasteiger partial charge in [-0.05, 0) is 30.7 Å². The van der Waals surface area contributed by atoms with Gasteiger partial charge in [-0.2, -0.15) is 0 Å². The van der Waals surface area contributed by atoms with Crippen LogP contribution in [0.4, 0.5) is 15.9 Å². The summed E-state index contributed by atoms with van der Waals surface area (Å²) in [6.45, 7) is 1.84. The second-order valence-corrected chi connectivity index (χ2v) is 4.38. The average Bonchev–Trinajstić information content (AvgIpc) is 2.35. The predicted molar refractivity (Wildman–Crippen MR) is 70.6 cm³/mol. The largest absolute Gasteiger partial charge is 0.478 e. The molecule has 0 aliphatic heterocycles. The Balaban J connectivity index is 2.43. The number of aromatic carboxylic acids is 1. The van der Waals surface area contributed by atoms with Crippen molar-refractivity contribution in [1.82, 2.24) is 4.98 Å². The number of carboxylic acid groups (broad SMARTS) is 1. The van der Waals surface area contributed by atoms with E-state index >= 15 is 0 Å². The highest BCUT2D eigenvalue weighted by atomic mass is 35.5. The zero-order valence-corrected chi connectivity index (χ0v) is 10.7. The van der Waals surface area contributed by atoms with E-state index in [0.717, 1.165) is 17.8 Å².